The van der Waals surface area contributed by atoms with Crippen LogP contribution < -0.4 is 10.6 Å². The van der Waals surface area contributed by atoms with E-state index in [4.69, 9.17) is 6.42 Å². The lowest BCUT2D eigenvalue weighted by atomic mass is 9.97. The first-order valence-corrected chi connectivity index (χ1v) is 7.96. The monoisotopic (exact) mass is 305 g/mol. The fraction of sp³-hybridized carbons (Fsp3) is 0.688. The zero-order valence-corrected chi connectivity index (χ0v) is 12.8. The third-order valence-corrected chi connectivity index (χ3v) is 4.20. The van der Waals surface area contributed by atoms with Crippen molar-refractivity contribution in [3.05, 3.63) is 0 Å². The number of hydrogen-bond donors (Lipinski definition) is 2. The van der Waals surface area contributed by atoms with Gasteiger partial charge < -0.3 is 10.6 Å². The number of carbonyl (C=O) groups is 3. The largest absolute Gasteiger partial charge is 0.352 e. The Hall–Kier alpha value is -2.03. The number of amides is 4. The van der Waals surface area contributed by atoms with E-state index in [-0.39, 0.29) is 24.9 Å². The van der Waals surface area contributed by atoms with Crippen LogP contribution in [0, 0.1) is 12.3 Å². The molecule has 2 fully saturated rings. The van der Waals surface area contributed by atoms with Crippen molar-refractivity contribution in [2.24, 2.45) is 0 Å². The molecule has 6 heteroatoms. The Morgan fingerprint density at radius 1 is 1.23 bits per heavy atom. The van der Waals surface area contributed by atoms with Crippen molar-refractivity contribution in [1.82, 2.24) is 15.5 Å². The molecule has 0 spiro atoms. The lowest BCUT2D eigenvalue weighted by Crippen LogP contribution is -2.44. The predicted molar refractivity (Wildman–Crippen MR) is 81.7 cm³/mol. The Kier molecular flexibility index (Phi) is 5.82. The van der Waals surface area contributed by atoms with Crippen molar-refractivity contribution in [2.75, 3.05) is 6.54 Å². The molecule has 1 heterocycles. The SMILES string of the molecule is C#CC[C@H]1NC(=O)N(CC(=O)NC2CCCCCCC2)C1=O. The first-order valence-electron chi connectivity index (χ1n) is 7.96. The van der Waals surface area contributed by atoms with Crippen LogP contribution in [0.5, 0.6) is 0 Å². The van der Waals surface area contributed by atoms with Crippen LogP contribution in [0.3, 0.4) is 0 Å². The van der Waals surface area contributed by atoms with Crippen LogP contribution in [0.4, 0.5) is 4.79 Å². The van der Waals surface area contributed by atoms with E-state index in [1.54, 1.807) is 0 Å². The minimum Gasteiger partial charge on any atom is -0.352 e. The first-order chi connectivity index (χ1) is 10.6. The van der Waals surface area contributed by atoms with Crippen LogP contribution in [0.1, 0.15) is 51.4 Å². The van der Waals surface area contributed by atoms with E-state index in [0.29, 0.717) is 0 Å². The Labute approximate surface area is 131 Å². The summed E-state index contributed by atoms with van der Waals surface area (Å²) < 4.78 is 0. The number of urea groups is 1. The highest BCUT2D eigenvalue weighted by Gasteiger charge is 2.38. The molecule has 2 N–H and O–H groups in total. The molecular weight excluding hydrogens is 282 g/mol. The molecule has 0 bridgehead atoms. The molecule has 6 nitrogen and oxygen atoms in total. The second kappa shape index (κ2) is 7.83. The number of terminal acetylenes is 1. The van der Waals surface area contributed by atoms with E-state index in [9.17, 15) is 14.4 Å². The van der Waals surface area contributed by atoms with Crippen molar-refractivity contribution < 1.29 is 14.4 Å². The number of carbonyl (C=O) groups excluding carboxylic acids is 3. The maximum atomic E-state index is 12.1. The van der Waals surface area contributed by atoms with Gasteiger partial charge in [0.2, 0.25) is 5.91 Å². The zero-order valence-electron chi connectivity index (χ0n) is 12.8. The van der Waals surface area contributed by atoms with Crippen LogP contribution in [0.15, 0.2) is 0 Å². The third kappa shape index (κ3) is 4.23. The summed E-state index contributed by atoms with van der Waals surface area (Å²) in [5.41, 5.74) is 0. The van der Waals surface area contributed by atoms with Crippen molar-refractivity contribution in [1.29, 1.82) is 0 Å². The van der Waals surface area contributed by atoms with Crippen LogP contribution in [-0.2, 0) is 9.59 Å². The Balaban J connectivity index is 1.84. The van der Waals surface area contributed by atoms with Crippen molar-refractivity contribution >= 4 is 17.8 Å². The molecule has 0 aromatic carbocycles. The molecule has 1 saturated heterocycles. The summed E-state index contributed by atoms with van der Waals surface area (Å²) in [6.45, 7) is -0.234. The van der Waals surface area contributed by atoms with Gasteiger partial charge in [0.1, 0.15) is 12.6 Å². The Bertz CT molecular complexity index is 476. The van der Waals surface area contributed by atoms with E-state index in [2.05, 4.69) is 16.6 Å². The molecule has 1 aliphatic heterocycles. The average molecular weight is 305 g/mol. The van der Waals surface area contributed by atoms with Gasteiger partial charge in [-0.05, 0) is 12.8 Å². The summed E-state index contributed by atoms with van der Waals surface area (Å²) in [7, 11) is 0. The van der Waals surface area contributed by atoms with Crippen molar-refractivity contribution in [3.8, 4) is 12.3 Å². The number of nitrogens with one attached hydrogen (secondary N) is 2. The zero-order chi connectivity index (χ0) is 15.9. The van der Waals surface area contributed by atoms with Gasteiger partial charge in [-0.25, -0.2) is 4.79 Å². The maximum Gasteiger partial charge on any atom is 0.325 e. The van der Waals surface area contributed by atoms with Gasteiger partial charge in [-0.2, -0.15) is 0 Å². The molecule has 22 heavy (non-hydrogen) atoms. The molecule has 120 valence electrons. The van der Waals surface area contributed by atoms with Gasteiger partial charge in [0.25, 0.3) is 5.91 Å². The minimum absolute atomic E-state index is 0.144. The summed E-state index contributed by atoms with van der Waals surface area (Å²) >= 11 is 0. The second-order valence-electron chi connectivity index (χ2n) is 5.94. The topological polar surface area (TPSA) is 78.5 Å². The molecule has 0 aromatic heterocycles. The van der Waals surface area contributed by atoms with Crippen molar-refractivity contribution in [3.63, 3.8) is 0 Å². The molecule has 2 aliphatic rings. The normalized spacial score (nSPS) is 23.4. The predicted octanol–water partition coefficient (Wildman–Crippen LogP) is 1.16. The highest BCUT2D eigenvalue weighted by molar-refractivity contribution is 6.06. The van der Waals surface area contributed by atoms with E-state index in [1.165, 1.54) is 19.3 Å². The maximum absolute atomic E-state index is 12.1. The van der Waals surface area contributed by atoms with Gasteiger partial charge in [0.15, 0.2) is 0 Å². The highest BCUT2D eigenvalue weighted by Crippen LogP contribution is 2.17. The molecule has 0 unspecified atom stereocenters. The van der Waals surface area contributed by atoms with Gasteiger partial charge in [-0.1, -0.05) is 32.1 Å². The summed E-state index contributed by atoms with van der Waals surface area (Å²) in [5, 5.41) is 5.45. The van der Waals surface area contributed by atoms with Crippen LogP contribution >= 0.6 is 0 Å². The van der Waals surface area contributed by atoms with Gasteiger partial charge in [-0.3, -0.25) is 14.5 Å². The molecule has 2 rings (SSSR count). The number of nitrogens with zero attached hydrogens (tertiary/aromatic N) is 1. The van der Waals surface area contributed by atoms with Crippen LogP contribution in [0.2, 0.25) is 0 Å². The smallest absolute Gasteiger partial charge is 0.325 e. The van der Waals surface area contributed by atoms with E-state index < -0.39 is 18.0 Å². The lowest BCUT2D eigenvalue weighted by molar-refractivity contribution is -0.132. The highest BCUT2D eigenvalue weighted by atomic mass is 16.2. The van der Waals surface area contributed by atoms with Crippen molar-refractivity contribution in [2.45, 2.75) is 63.5 Å². The summed E-state index contributed by atoms with van der Waals surface area (Å²) in [5.74, 6) is 1.65. The molecule has 0 aromatic rings. The van der Waals surface area contributed by atoms with Gasteiger partial charge in [0.05, 0.1) is 0 Å². The summed E-state index contributed by atoms with van der Waals surface area (Å²) in [6, 6.07) is -1.10. The third-order valence-electron chi connectivity index (χ3n) is 4.20. The Morgan fingerprint density at radius 2 is 1.86 bits per heavy atom. The van der Waals surface area contributed by atoms with Gasteiger partial charge in [0, 0.05) is 12.5 Å². The van der Waals surface area contributed by atoms with E-state index >= 15 is 0 Å². The average Bonchev–Trinajstić information content (AvgIpc) is 2.70. The summed E-state index contributed by atoms with van der Waals surface area (Å²) in [6.07, 6.45) is 13.1. The lowest BCUT2D eigenvalue weighted by Gasteiger charge is -2.22. The standard InChI is InChI=1S/C16H23N3O3/c1-2-8-13-15(21)19(16(22)18-13)11-14(20)17-12-9-6-4-3-5-7-10-12/h1,12-13H,3-11H2,(H,17,20)(H,18,22)/t13-/m1/s1. The second-order valence-corrected chi connectivity index (χ2v) is 5.94. The molecule has 1 saturated carbocycles. The fourth-order valence-corrected chi connectivity index (χ4v) is 3.00. The van der Waals surface area contributed by atoms with E-state index in [1.807, 2.05) is 0 Å². The van der Waals surface area contributed by atoms with Crippen LogP contribution in [0.25, 0.3) is 0 Å². The van der Waals surface area contributed by atoms with Crippen LogP contribution in [-0.4, -0.2) is 41.4 Å². The first kappa shape index (κ1) is 16.3. The van der Waals surface area contributed by atoms with Gasteiger partial charge in [-0.15, -0.1) is 12.3 Å². The molecule has 0 radical (unpaired) electrons. The van der Waals surface area contributed by atoms with Gasteiger partial charge >= 0.3 is 6.03 Å². The molecular formula is C16H23N3O3. The minimum atomic E-state index is -0.702. The molecule has 1 aliphatic carbocycles. The Morgan fingerprint density at radius 3 is 2.50 bits per heavy atom. The molecule has 1 atom stereocenters. The number of imide groups is 1. The fourth-order valence-electron chi connectivity index (χ4n) is 3.00. The quantitative estimate of drug-likeness (QED) is 0.604. The number of rotatable bonds is 4. The van der Waals surface area contributed by atoms with E-state index in [0.717, 1.165) is 30.6 Å². The summed E-state index contributed by atoms with van der Waals surface area (Å²) in [4.78, 5) is 36.8. The molecule has 4 amide bonds. The number of hydrogen-bond acceptors (Lipinski definition) is 3.